The van der Waals surface area contributed by atoms with E-state index in [1.54, 1.807) is 18.3 Å². The highest BCUT2D eigenvalue weighted by Crippen LogP contribution is 2.32. The summed E-state index contributed by atoms with van der Waals surface area (Å²) in [5.74, 6) is -0.0161. The molecule has 1 unspecified atom stereocenters. The highest BCUT2D eigenvalue weighted by molar-refractivity contribution is 5.89. The first-order chi connectivity index (χ1) is 8.75. The molecular weight excluding hydrogens is 234 g/mol. The largest absolute Gasteiger partial charge is 0.453 e. The van der Waals surface area contributed by atoms with E-state index in [-0.39, 0.29) is 24.3 Å². The van der Waals surface area contributed by atoms with E-state index in [1.165, 1.54) is 6.20 Å². The van der Waals surface area contributed by atoms with Crippen molar-refractivity contribution >= 4 is 5.97 Å². The molecule has 0 radical (unpaired) electrons. The van der Waals surface area contributed by atoms with Crippen LogP contribution in [0.4, 0.5) is 0 Å². The van der Waals surface area contributed by atoms with E-state index in [9.17, 15) is 4.79 Å². The average molecular weight is 249 g/mol. The number of pyridine rings is 1. The molecule has 0 bridgehead atoms. The maximum atomic E-state index is 11.9. The lowest BCUT2D eigenvalue weighted by Crippen LogP contribution is -2.32. The van der Waals surface area contributed by atoms with Gasteiger partial charge in [-0.3, -0.25) is 4.98 Å². The zero-order valence-corrected chi connectivity index (χ0v) is 10.1. The summed E-state index contributed by atoms with van der Waals surface area (Å²) < 4.78 is 16.7. The molecule has 4 atom stereocenters. The third-order valence-electron chi connectivity index (χ3n) is 3.41. The van der Waals surface area contributed by atoms with Crippen molar-refractivity contribution in [3.05, 3.63) is 30.1 Å². The summed E-state index contributed by atoms with van der Waals surface area (Å²) in [5, 5.41) is 0. The first kappa shape index (κ1) is 11.6. The Morgan fingerprint density at radius 2 is 2.22 bits per heavy atom. The predicted molar refractivity (Wildman–Crippen MR) is 62.1 cm³/mol. The minimum Gasteiger partial charge on any atom is -0.453 e. The zero-order chi connectivity index (χ0) is 12.5. The highest BCUT2D eigenvalue weighted by Gasteiger charge is 2.47. The number of ether oxygens (including phenoxy) is 3. The van der Waals surface area contributed by atoms with Crippen molar-refractivity contribution in [2.45, 2.75) is 25.2 Å². The van der Waals surface area contributed by atoms with Gasteiger partial charge < -0.3 is 14.2 Å². The molecule has 2 aliphatic heterocycles. The van der Waals surface area contributed by atoms with Gasteiger partial charge >= 0.3 is 5.97 Å². The van der Waals surface area contributed by atoms with Crippen LogP contribution in [0, 0.1) is 5.92 Å². The second-order valence-electron chi connectivity index (χ2n) is 4.76. The fraction of sp³-hybridized carbons (Fsp3) is 0.538. The normalized spacial score (nSPS) is 34.3. The van der Waals surface area contributed by atoms with Gasteiger partial charge in [-0.2, -0.15) is 0 Å². The van der Waals surface area contributed by atoms with Crippen LogP contribution in [0.1, 0.15) is 17.3 Å². The Morgan fingerprint density at radius 1 is 1.39 bits per heavy atom. The van der Waals surface area contributed by atoms with Crippen molar-refractivity contribution in [1.29, 1.82) is 0 Å². The van der Waals surface area contributed by atoms with Crippen LogP contribution in [0.15, 0.2) is 24.5 Å². The Labute approximate surface area is 105 Å². The van der Waals surface area contributed by atoms with Crippen LogP contribution in [-0.2, 0) is 14.2 Å². The van der Waals surface area contributed by atoms with Gasteiger partial charge in [0.2, 0.25) is 0 Å². The van der Waals surface area contributed by atoms with E-state index in [0.717, 1.165) is 0 Å². The van der Waals surface area contributed by atoms with Gasteiger partial charge in [-0.25, -0.2) is 4.79 Å². The fourth-order valence-electron chi connectivity index (χ4n) is 2.45. The van der Waals surface area contributed by atoms with Crippen molar-refractivity contribution in [2.24, 2.45) is 5.92 Å². The summed E-state index contributed by atoms with van der Waals surface area (Å²) in [6, 6.07) is 3.39. The molecule has 5 heteroatoms. The maximum Gasteiger partial charge on any atom is 0.340 e. The Kier molecular flexibility index (Phi) is 3.01. The zero-order valence-electron chi connectivity index (χ0n) is 10.1. The van der Waals surface area contributed by atoms with Gasteiger partial charge in [0.25, 0.3) is 0 Å². The van der Waals surface area contributed by atoms with E-state index >= 15 is 0 Å². The number of esters is 1. The number of aromatic nitrogens is 1. The van der Waals surface area contributed by atoms with Gasteiger partial charge in [-0.05, 0) is 12.1 Å². The van der Waals surface area contributed by atoms with E-state index < -0.39 is 0 Å². The molecule has 0 saturated carbocycles. The van der Waals surface area contributed by atoms with Crippen molar-refractivity contribution in [1.82, 2.24) is 4.98 Å². The molecule has 3 rings (SSSR count). The molecule has 0 N–H and O–H groups in total. The Bertz CT molecular complexity index is 436. The lowest BCUT2D eigenvalue weighted by molar-refractivity contribution is -0.0158. The van der Waals surface area contributed by atoms with Crippen LogP contribution < -0.4 is 0 Å². The number of hydrogen-bond donors (Lipinski definition) is 0. The van der Waals surface area contributed by atoms with Crippen molar-refractivity contribution in [3.8, 4) is 0 Å². The molecule has 2 aliphatic rings. The van der Waals surface area contributed by atoms with E-state index in [1.807, 2.05) is 0 Å². The number of fused-ring (bicyclic) bond motifs is 1. The third kappa shape index (κ3) is 2.00. The summed E-state index contributed by atoms with van der Waals surface area (Å²) in [6.45, 7) is 3.15. The smallest absolute Gasteiger partial charge is 0.340 e. The molecule has 5 nitrogen and oxygen atoms in total. The summed E-state index contributed by atoms with van der Waals surface area (Å²) in [4.78, 5) is 15.8. The van der Waals surface area contributed by atoms with Gasteiger partial charge in [0.15, 0.2) is 6.10 Å². The fourth-order valence-corrected chi connectivity index (χ4v) is 2.45. The molecule has 2 fully saturated rings. The van der Waals surface area contributed by atoms with E-state index in [4.69, 9.17) is 14.2 Å². The van der Waals surface area contributed by atoms with Gasteiger partial charge in [-0.1, -0.05) is 6.92 Å². The summed E-state index contributed by atoms with van der Waals surface area (Å²) in [6.07, 6.45) is 2.73. The molecule has 1 aromatic rings. The minimum absolute atomic E-state index is 0.0525. The third-order valence-corrected chi connectivity index (χ3v) is 3.41. The van der Waals surface area contributed by atoms with Gasteiger partial charge in [0.05, 0.1) is 24.9 Å². The average Bonchev–Trinajstić information content (AvgIpc) is 2.95. The van der Waals surface area contributed by atoms with Crippen molar-refractivity contribution < 1.29 is 19.0 Å². The molecule has 2 saturated heterocycles. The highest BCUT2D eigenvalue weighted by atomic mass is 16.6. The van der Waals surface area contributed by atoms with Crippen LogP contribution in [0.25, 0.3) is 0 Å². The molecule has 0 amide bonds. The number of hydrogen-bond acceptors (Lipinski definition) is 5. The molecular formula is C13H15NO4. The van der Waals surface area contributed by atoms with Gasteiger partial charge in [0, 0.05) is 18.3 Å². The van der Waals surface area contributed by atoms with Crippen molar-refractivity contribution in [2.75, 3.05) is 13.2 Å². The first-order valence-corrected chi connectivity index (χ1v) is 6.10. The van der Waals surface area contributed by atoms with Crippen molar-refractivity contribution in [3.63, 3.8) is 0 Å². The topological polar surface area (TPSA) is 57.7 Å². The van der Waals surface area contributed by atoms with Crippen LogP contribution in [0.2, 0.25) is 0 Å². The standard InChI is InChI=1S/C13H15NO4/c1-8-6-16-12-10(7-17-11(8)12)18-13(15)9-3-2-4-14-5-9/h2-5,8,10-12H,6-7H2,1H3/t8?,10-,11-,12-/m1/s1. The van der Waals surface area contributed by atoms with Crippen LogP contribution in [0.5, 0.6) is 0 Å². The van der Waals surface area contributed by atoms with E-state index in [0.29, 0.717) is 24.7 Å². The Morgan fingerprint density at radius 3 is 3.00 bits per heavy atom. The van der Waals surface area contributed by atoms with Crippen LogP contribution in [0.3, 0.4) is 0 Å². The first-order valence-electron chi connectivity index (χ1n) is 6.10. The monoisotopic (exact) mass is 249 g/mol. The van der Waals surface area contributed by atoms with Gasteiger partial charge in [0.1, 0.15) is 6.10 Å². The minimum atomic E-state index is -0.375. The summed E-state index contributed by atoms with van der Waals surface area (Å²) in [5.41, 5.74) is 0.451. The molecule has 1 aromatic heterocycles. The van der Waals surface area contributed by atoms with Crippen LogP contribution >= 0.6 is 0 Å². The maximum absolute atomic E-state index is 11.9. The Balaban J connectivity index is 1.66. The lowest BCUT2D eigenvalue weighted by atomic mass is 10.0. The van der Waals surface area contributed by atoms with E-state index in [2.05, 4.69) is 11.9 Å². The SMILES string of the molecule is CC1CO[C@H]2[C@@H]1OC[C@H]2OC(=O)c1cccnc1. The molecule has 0 aliphatic carbocycles. The second-order valence-corrected chi connectivity index (χ2v) is 4.76. The van der Waals surface area contributed by atoms with Gasteiger partial charge in [-0.15, -0.1) is 0 Å². The lowest BCUT2D eigenvalue weighted by Gasteiger charge is -2.16. The summed E-state index contributed by atoms with van der Waals surface area (Å²) in [7, 11) is 0. The second kappa shape index (κ2) is 4.66. The Hall–Kier alpha value is -1.46. The number of carbonyl (C=O) groups excluding carboxylic acids is 1. The number of carbonyl (C=O) groups is 1. The molecule has 3 heterocycles. The molecule has 0 spiro atoms. The quantitative estimate of drug-likeness (QED) is 0.733. The number of nitrogens with zero attached hydrogens (tertiary/aromatic N) is 1. The number of rotatable bonds is 2. The molecule has 96 valence electrons. The molecule has 18 heavy (non-hydrogen) atoms. The molecule has 0 aromatic carbocycles. The predicted octanol–water partition coefficient (Wildman–Crippen LogP) is 1.04. The summed E-state index contributed by atoms with van der Waals surface area (Å²) >= 11 is 0. The van der Waals surface area contributed by atoms with Crippen LogP contribution in [-0.4, -0.2) is 42.5 Å².